The molecule has 0 bridgehead atoms. The molecule has 8 heteroatoms. The van der Waals surface area contributed by atoms with E-state index in [1.54, 1.807) is 13.1 Å². The van der Waals surface area contributed by atoms with Crippen molar-refractivity contribution in [2.45, 2.75) is 13.8 Å². The highest BCUT2D eigenvalue weighted by Gasteiger charge is 2.22. The standard InChI is InChI=1S/C12H11Br2N3O2S/c1-5-9(8(10(14)20-5)12(18)19-3)17-11-7(13)4-15-6(2)16-11/h4H,1-3H3,(H,15,16,17). The van der Waals surface area contributed by atoms with Crippen molar-refractivity contribution in [2.75, 3.05) is 12.4 Å². The number of thiophene rings is 1. The number of carbonyl (C=O) groups excluding carboxylic acids is 1. The van der Waals surface area contributed by atoms with Crippen LogP contribution < -0.4 is 5.32 Å². The zero-order valence-electron chi connectivity index (χ0n) is 11.0. The van der Waals surface area contributed by atoms with E-state index in [2.05, 4.69) is 47.1 Å². The lowest BCUT2D eigenvalue weighted by Crippen LogP contribution is -2.06. The maximum absolute atomic E-state index is 11.9. The summed E-state index contributed by atoms with van der Waals surface area (Å²) >= 11 is 8.24. The minimum Gasteiger partial charge on any atom is -0.465 e. The predicted octanol–water partition coefficient (Wildman–Crippen LogP) is 4.21. The van der Waals surface area contributed by atoms with E-state index in [1.807, 2.05) is 6.92 Å². The van der Waals surface area contributed by atoms with Gasteiger partial charge in [0.05, 0.1) is 21.1 Å². The average Bonchev–Trinajstić information content (AvgIpc) is 2.68. The predicted molar refractivity (Wildman–Crippen MR) is 85.8 cm³/mol. The van der Waals surface area contributed by atoms with E-state index in [0.717, 1.165) is 13.1 Å². The van der Waals surface area contributed by atoms with Gasteiger partial charge in [-0.2, -0.15) is 0 Å². The molecule has 0 saturated carbocycles. The number of halogens is 2. The molecule has 0 aliphatic carbocycles. The fourth-order valence-corrected chi connectivity index (χ4v) is 3.80. The summed E-state index contributed by atoms with van der Waals surface area (Å²) in [5, 5.41) is 3.17. The third-order valence-corrected chi connectivity index (χ3v) is 4.89. The molecule has 0 aliphatic heterocycles. The van der Waals surface area contributed by atoms with E-state index in [9.17, 15) is 4.79 Å². The van der Waals surface area contributed by atoms with Crippen molar-refractivity contribution in [3.8, 4) is 0 Å². The van der Waals surface area contributed by atoms with Gasteiger partial charge in [-0.1, -0.05) is 0 Å². The summed E-state index contributed by atoms with van der Waals surface area (Å²) in [7, 11) is 1.36. The molecule has 0 saturated heterocycles. The second-order valence-electron chi connectivity index (χ2n) is 3.91. The molecule has 0 amide bonds. The molecule has 0 unspecified atom stereocenters. The molecule has 1 N–H and O–H groups in total. The van der Waals surface area contributed by atoms with Gasteiger partial charge in [-0.25, -0.2) is 14.8 Å². The van der Waals surface area contributed by atoms with Crippen LogP contribution in [0.25, 0.3) is 0 Å². The molecule has 0 aliphatic rings. The van der Waals surface area contributed by atoms with Crippen LogP contribution in [0.4, 0.5) is 11.5 Å². The van der Waals surface area contributed by atoms with Crippen LogP contribution in [0.5, 0.6) is 0 Å². The minimum absolute atomic E-state index is 0.398. The van der Waals surface area contributed by atoms with Crippen molar-refractivity contribution in [2.24, 2.45) is 0 Å². The topological polar surface area (TPSA) is 64.1 Å². The molecule has 0 spiro atoms. The van der Waals surface area contributed by atoms with Gasteiger partial charge in [-0.05, 0) is 45.7 Å². The fraction of sp³-hybridized carbons (Fsp3) is 0.250. The third kappa shape index (κ3) is 3.02. The van der Waals surface area contributed by atoms with Gasteiger partial charge in [0.25, 0.3) is 0 Å². The minimum atomic E-state index is -0.398. The summed E-state index contributed by atoms with van der Waals surface area (Å²) < 4.78 is 6.27. The molecular weight excluding hydrogens is 410 g/mol. The Bertz CT molecular complexity index is 673. The van der Waals surface area contributed by atoms with Gasteiger partial charge in [0.15, 0.2) is 0 Å². The molecule has 2 aromatic heterocycles. The van der Waals surface area contributed by atoms with Crippen LogP contribution in [-0.2, 0) is 4.74 Å². The number of aromatic nitrogens is 2. The molecule has 2 aromatic rings. The SMILES string of the molecule is COC(=O)c1c(Br)sc(C)c1Nc1nc(C)ncc1Br. The third-order valence-electron chi connectivity index (χ3n) is 2.54. The number of esters is 1. The number of anilines is 2. The summed E-state index contributed by atoms with van der Waals surface area (Å²) in [5.41, 5.74) is 1.16. The van der Waals surface area contributed by atoms with Crippen molar-refractivity contribution in [1.29, 1.82) is 0 Å². The van der Waals surface area contributed by atoms with Crippen LogP contribution in [0, 0.1) is 13.8 Å². The first-order valence-electron chi connectivity index (χ1n) is 5.57. The number of aryl methyl sites for hydroxylation is 2. The molecule has 0 atom stereocenters. The number of hydrogen-bond acceptors (Lipinski definition) is 6. The Morgan fingerprint density at radius 3 is 2.75 bits per heavy atom. The molecular formula is C12H11Br2N3O2S. The van der Waals surface area contributed by atoms with Crippen LogP contribution in [0.15, 0.2) is 14.5 Å². The number of nitrogens with one attached hydrogen (secondary N) is 1. The molecule has 0 aromatic carbocycles. The van der Waals surface area contributed by atoms with Crippen molar-refractivity contribution >= 4 is 60.7 Å². The quantitative estimate of drug-likeness (QED) is 0.753. The summed E-state index contributed by atoms with van der Waals surface area (Å²) in [6, 6.07) is 0. The second-order valence-corrected chi connectivity index (χ2v) is 7.31. The van der Waals surface area contributed by atoms with Gasteiger partial charge in [-0.15, -0.1) is 11.3 Å². The largest absolute Gasteiger partial charge is 0.465 e. The fourth-order valence-electron chi connectivity index (χ4n) is 1.61. The van der Waals surface area contributed by atoms with E-state index < -0.39 is 5.97 Å². The van der Waals surface area contributed by atoms with Crippen molar-refractivity contribution in [3.05, 3.63) is 30.7 Å². The van der Waals surface area contributed by atoms with Crippen LogP contribution in [0.1, 0.15) is 21.1 Å². The molecule has 20 heavy (non-hydrogen) atoms. The van der Waals surface area contributed by atoms with E-state index in [0.29, 0.717) is 22.9 Å². The Morgan fingerprint density at radius 2 is 2.10 bits per heavy atom. The highest BCUT2D eigenvalue weighted by Crippen LogP contribution is 2.39. The molecule has 0 fully saturated rings. The number of hydrogen-bond donors (Lipinski definition) is 1. The Hall–Kier alpha value is -0.990. The number of rotatable bonds is 3. The Labute approximate surface area is 137 Å². The first kappa shape index (κ1) is 15.4. The summed E-state index contributed by atoms with van der Waals surface area (Å²) in [6.07, 6.45) is 1.67. The van der Waals surface area contributed by atoms with E-state index in [4.69, 9.17) is 4.74 Å². The van der Waals surface area contributed by atoms with Crippen LogP contribution in [-0.4, -0.2) is 23.0 Å². The van der Waals surface area contributed by atoms with Gasteiger partial charge in [0.1, 0.15) is 17.2 Å². The van der Waals surface area contributed by atoms with E-state index in [1.165, 1.54) is 18.4 Å². The van der Waals surface area contributed by atoms with Gasteiger partial charge in [-0.3, -0.25) is 0 Å². The number of methoxy groups -OCH3 is 1. The first-order valence-corrected chi connectivity index (χ1v) is 7.97. The lowest BCUT2D eigenvalue weighted by Gasteiger charge is -2.09. The van der Waals surface area contributed by atoms with Crippen molar-refractivity contribution < 1.29 is 9.53 Å². The molecule has 5 nitrogen and oxygen atoms in total. The first-order chi connectivity index (χ1) is 9.43. The second kappa shape index (κ2) is 6.19. The van der Waals surface area contributed by atoms with Gasteiger partial charge < -0.3 is 10.1 Å². The maximum atomic E-state index is 11.9. The Morgan fingerprint density at radius 1 is 1.40 bits per heavy atom. The van der Waals surface area contributed by atoms with Crippen LogP contribution in [0.3, 0.4) is 0 Å². The zero-order chi connectivity index (χ0) is 14.9. The van der Waals surface area contributed by atoms with Gasteiger partial charge in [0, 0.05) is 11.1 Å². The lowest BCUT2D eigenvalue weighted by molar-refractivity contribution is 0.0601. The average molecular weight is 421 g/mol. The molecule has 0 radical (unpaired) electrons. The maximum Gasteiger partial charge on any atom is 0.342 e. The molecule has 2 heterocycles. The number of ether oxygens (including phenoxy) is 1. The number of nitrogens with zero attached hydrogens (tertiary/aromatic N) is 2. The monoisotopic (exact) mass is 419 g/mol. The molecule has 2 rings (SSSR count). The van der Waals surface area contributed by atoms with Gasteiger partial charge in [0.2, 0.25) is 0 Å². The smallest absolute Gasteiger partial charge is 0.342 e. The van der Waals surface area contributed by atoms with Crippen LogP contribution >= 0.6 is 43.2 Å². The van der Waals surface area contributed by atoms with E-state index in [-0.39, 0.29) is 0 Å². The highest BCUT2D eigenvalue weighted by atomic mass is 79.9. The van der Waals surface area contributed by atoms with Crippen molar-refractivity contribution in [3.63, 3.8) is 0 Å². The van der Waals surface area contributed by atoms with Gasteiger partial charge >= 0.3 is 5.97 Å². The number of carbonyl (C=O) groups is 1. The summed E-state index contributed by atoms with van der Waals surface area (Å²) in [5.74, 6) is 0.851. The highest BCUT2D eigenvalue weighted by molar-refractivity contribution is 9.11. The summed E-state index contributed by atoms with van der Waals surface area (Å²) in [4.78, 5) is 21.2. The van der Waals surface area contributed by atoms with E-state index >= 15 is 0 Å². The molecule has 106 valence electrons. The normalized spacial score (nSPS) is 10.4. The Balaban J connectivity index is 2.48. The zero-order valence-corrected chi connectivity index (χ0v) is 14.9. The van der Waals surface area contributed by atoms with Crippen LogP contribution in [0.2, 0.25) is 0 Å². The lowest BCUT2D eigenvalue weighted by atomic mass is 10.2. The summed E-state index contributed by atoms with van der Waals surface area (Å²) in [6.45, 7) is 3.72. The van der Waals surface area contributed by atoms with Crippen molar-refractivity contribution in [1.82, 2.24) is 9.97 Å². The Kier molecular flexibility index (Phi) is 4.77.